The fourth-order valence-electron chi connectivity index (χ4n) is 2.08. The van der Waals surface area contributed by atoms with Crippen molar-refractivity contribution >= 4 is 29.9 Å². The number of guanidine groups is 1. The molecule has 0 saturated heterocycles. The molecule has 4 nitrogen and oxygen atoms in total. The van der Waals surface area contributed by atoms with E-state index in [2.05, 4.69) is 47.2 Å². The van der Waals surface area contributed by atoms with Crippen LogP contribution in [0.2, 0.25) is 0 Å². The van der Waals surface area contributed by atoms with Crippen LogP contribution in [0.5, 0.6) is 5.75 Å². The Hall–Kier alpha value is -1.42. The second-order valence-electron chi connectivity index (χ2n) is 5.14. The highest BCUT2D eigenvalue weighted by atomic mass is 127. The Morgan fingerprint density at radius 2 is 2.04 bits per heavy atom. The van der Waals surface area contributed by atoms with Gasteiger partial charge in [0, 0.05) is 27.2 Å². The highest BCUT2D eigenvalue weighted by Crippen LogP contribution is 2.12. The molecule has 1 rings (SSSR count). The molecule has 5 heteroatoms. The average molecular weight is 429 g/mol. The van der Waals surface area contributed by atoms with Gasteiger partial charge in [0.25, 0.3) is 0 Å². The molecular formula is C18H28IN3O. The summed E-state index contributed by atoms with van der Waals surface area (Å²) in [6.45, 7) is 4.38. The molecule has 0 saturated carbocycles. The van der Waals surface area contributed by atoms with E-state index in [1.165, 1.54) is 18.4 Å². The summed E-state index contributed by atoms with van der Waals surface area (Å²) in [5.41, 5.74) is 1.26. The molecule has 0 aromatic heterocycles. The van der Waals surface area contributed by atoms with Gasteiger partial charge >= 0.3 is 0 Å². The zero-order valence-corrected chi connectivity index (χ0v) is 16.7. The zero-order chi connectivity index (χ0) is 16.2. The number of nitrogens with one attached hydrogen (secondary N) is 1. The molecule has 1 aromatic carbocycles. The molecule has 0 radical (unpaired) electrons. The predicted octanol–water partition coefficient (Wildman–Crippen LogP) is 3.17. The molecule has 0 aliphatic carbocycles. The lowest BCUT2D eigenvalue weighted by Gasteiger charge is -2.21. The van der Waals surface area contributed by atoms with E-state index in [0.717, 1.165) is 31.2 Å². The first-order valence-electron chi connectivity index (χ1n) is 7.78. The topological polar surface area (TPSA) is 36.9 Å². The number of unbranched alkanes of at least 4 members (excludes halogenated alkanes) is 1. The van der Waals surface area contributed by atoms with Crippen molar-refractivity contribution in [3.63, 3.8) is 0 Å². The van der Waals surface area contributed by atoms with Crippen molar-refractivity contribution in [1.82, 2.24) is 10.2 Å². The van der Waals surface area contributed by atoms with E-state index in [-0.39, 0.29) is 24.0 Å². The van der Waals surface area contributed by atoms with Crippen molar-refractivity contribution in [1.29, 1.82) is 0 Å². The van der Waals surface area contributed by atoms with Gasteiger partial charge in [-0.15, -0.1) is 30.4 Å². The van der Waals surface area contributed by atoms with E-state index in [1.807, 2.05) is 19.2 Å². The molecule has 1 aromatic rings. The number of halogens is 1. The number of rotatable bonds is 8. The van der Waals surface area contributed by atoms with Crippen molar-refractivity contribution in [2.75, 3.05) is 33.8 Å². The minimum absolute atomic E-state index is 0. The lowest BCUT2D eigenvalue weighted by atomic mass is 10.1. The Morgan fingerprint density at radius 1 is 1.35 bits per heavy atom. The summed E-state index contributed by atoms with van der Waals surface area (Å²) in [7, 11) is 3.89. The third-order valence-electron chi connectivity index (χ3n) is 3.36. The van der Waals surface area contributed by atoms with Gasteiger partial charge in [-0.25, -0.2) is 0 Å². The second-order valence-corrected chi connectivity index (χ2v) is 5.14. The maximum absolute atomic E-state index is 5.36. The fourth-order valence-corrected chi connectivity index (χ4v) is 2.08. The summed E-state index contributed by atoms with van der Waals surface area (Å²) in [5, 5.41) is 3.39. The number of terminal acetylenes is 1. The van der Waals surface area contributed by atoms with Crippen LogP contribution in [0.4, 0.5) is 0 Å². The SMILES string of the molecule is C#CCOc1ccc(CCNC(=NC)N(C)CCCC)cc1.I. The lowest BCUT2D eigenvalue weighted by Crippen LogP contribution is -2.40. The molecular weight excluding hydrogens is 401 g/mol. The van der Waals surface area contributed by atoms with Crippen molar-refractivity contribution in [3.8, 4) is 18.1 Å². The predicted molar refractivity (Wildman–Crippen MR) is 109 cm³/mol. The Morgan fingerprint density at radius 3 is 2.61 bits per heavy atom. The molecule has 0 aliphatic heterocycles. The van der Waals surface area contributed by atoms with Crippen LogP contribution < -0.4 is 10.1 Å². The number of nitrogens with zero attached hydrogens (tertiary/aromatic N) is 2. The monoisotopic (exact) mass is 429 g/mol. The van der Waals surface area contributed by atoms with E-state index < -0.39 is 0 Å². The number of aliphatic imine (C=N–C) groups is 1. The molecule has 0 aliphatic rings. The van der Waals surface area contributed by atoms with E-state index in [0.29, 0.717) is 6.61 Å². The van der Waals surface area contributed by atoms with Gasteiger partial charge in [-0.1, -0.05) is 31.4 Å². The van der Waals surface area contributed by atoms with Crippen molar-refractivity contribution in [2.24, 2.45) is 4.99 Å². The highest BCUT2D eigenvalue weighted by molar-refractivity contribution is 14.0. The lowest BCUT2D eigenvalue weighted by molar-refractivity contribution is 0.370. The third-order valence-corrected chi connectivity index (χ3v) is 3.36. The van der Waals surface area contributed by atoms with Crippen LogP contribution >= 0.6 is 24.0 Å². The van der Waals surface area contributed by atoms with E-state index in [1.54, 1.807) is 0 Å². The van der Waals surface area contributed by atoms with E-state index >= 15 is 0 Å². The van der Waals surface area contributed by atoms with Gasteiger partial charge in [0.2, 0.25) is 0 Å². The van der Waals surface area contributed by atoms with Crippen LogP contribution in [0.25, 0.3) is 0 Å². The summed E-state index contributed by atoms with van der Waals surface area (Å²) < 4.78 is 5.36. The van der Waals surface area contributed by atoms with E-state index in [4.69, 9.17) is 11.2 Å². The Labute approximate surface area is 157 Å². The molecule has 0 fully saturated rings. The maximum Gasteiger partial charge on any atom is 0.193 e. The molecule has 0 atom stereocenters. The number of benzene rings is 1. The van der Waals surface area contributed by atoms with Crippen molar-refractivity contribution < 1.29 is 4.74 Å². The first kappa shape index (κ1) is 21.6. The van der Waals surface area contributed by atoms with Crippen molar-refractivity contribution in [3.05, 3.63) is 29.8 Å². The summed E-state index contributed by atoms with van der Waals surface area (Å²) in [6.07, 6.45) is 8.48. The van der Waals surface area contributed by atoms with Crippen LogP contribution in [-0.2, 0) is 6.42 Å². The minimum Gasteiger partial charge on any atom is -0.481 e. The van der Waals surface area contributed by atoms with Gasteiger partial charge in [-0.05, 0) is 30.5 Å². The zero-order valence-electron chi connectivity index (χ0n) is 14.3. The molecule has 0 bridgehead atoms. The standard InChI is InChI=1S/C18H27N3O.HI/c1-5-7-14-21(4)18(19-3)20-13-12-16-8-10-17(11-9-16)22-15-6-2;/h2,8-11H,5,7,12-15H2,1,3-4H3,(H,19,20);1H. The number of ether oxygens (including phenoxy) is 1. The van der Waals surface area contributed by atoms with Crippen LogP contribution in [-0.4, -0.2) is 44.7 Å². The van der Waals surface area contributed by atoms with Gasteiger partial charge in [-0.2, -0.15) is 0 Å². The Balaban J connectivity index is 0.00000484. The summed E-state index contributed by atoms with van der Waals surface area (Å²) in [5.74, 6) is 4.22. The van der Waals surface area contributed by atoms with Crippen molar-refractivity contribution in [2.45, 2.75) is 26.2 Å². The molecule has 128 valence electrons. The first-order chi connectivity index (χ1) is 10.7. The van der Waals surface area contributed by atoms with Gasteiger partial charge in [0.15, 0.2) is 5.96 Å². The Kier molecular flexibility index (Phi) is 12.3. The molecule has 0 amide bonds. The highest BCUT2D eigenvalue weighted by Gasteiger charge is 2.04. The van der Waals surface area contributed by atoms with Crippen LogP contribution in [0.1, 0.15) is 25.3 Å². The summed E-state index contributed by atoms with van der Waals surface area (Å²) in [6, 6.07) is 8.04. The third kappa shape index (κ3) is 8.70. The van der Waals surface area contributed by atoms with Gasteiger partial charge in [0.05, 0.1) is 0 Å². The average Bonchev–Trinajstić information content (AvgIpc) is 2.55. The van der Waals surface area contributed by atoms with Crippen LogP contribution in [0.15, 0.2) is 29.3 Å². The fraction of sp³-hybridized carbons (Fsp3) is 0.500. The summed E-state index contributed by atoms with van der Waals surface area (Å²) >= 11 is 0. The molecule has 0 spiro atoms. The van der Waals surface area contributed by atoms with E-state index in [9.17, 15) is 0 Å². The normalized spacial score (nSPS) is 10.4. The van der Waals surface area contributed by atoms with Crippen LogP contribution in [0.3, 0.4) is 0 Å². The molecule has 0 heterocycles. The van der Waals surface area contributed by atoms with Gasteiger partial charge in [0.1, 0.15) is 12.4 Å². The number of hydrogen-bond acceptors (Lipinski definition) is 2. The smallest absolute Gasteiger partial charge is 0.193 e. The van der Waals surface area contributed by atoms with Gasteiger partial charge < -0.3 is 15.0 Å². The minimum atomic E-state index is 0. The van der Waals surface area contributed by atoms with Gasteiger partial charge in [-0.3, -0.25) is 4.99 Å². The molecule has 1 N–H and O–H groups in total. The molecule has 0 unspecified atom stereocenters. The quantitative estimate of drug-likeness (QED) is 0.299. The molecule has 23 heavy (non-hydrogen) atoms. The first-order valence-corrected chi connectivity index (χ1v) is 7.78. The summed E-state index contributed by atoms with van der Waals surface area (Å²) in [4.78, 5) is 6.48. The van der Waals surface area contributed by atoms with Crippen LogP contribution in [0, 0.1) is 12.3 Å². The Bertz CT molecular complexity index is 494. The largest absolute Gasteiger partial charge is 0.481 e. The second kappa shape index (κ2) is 13.1. The number of hydrogen-bond donors (Lipinski definition) is 1. The maximum atomic E-state index is 5.36.